The van der Waals surface area contributed by atoms with Gasteiger partial charge in [0.2, 0.25) is 5.91 Å². The molecule has 3 heterocycles. The van der Waals surface area contributed by atoms with Crippen LogP contribution >= 0.6 is 11.6 Å². The SMILES string of the molecule is O=C(Cn1cnc2[nH]cc(-c3ccc(Cl)cc3)c2c1=O)N1CCCC1. The van der Waals surface area contributed by atoms with Gasteiger partial charge in [0.25, 0.3) is 5.56 Å². The lowest BCUT2D eigenvalue weighted by Gasteiger charge is -2.15. The van der Waals surface area contributed by atoms with E-state index in [4.69, 9.17) is 11.6 Å². The molecule has 7 heteroatoms. The summed E-state index contributed by atoms with van der Waals surface area (Å²) < 4.78 is 1.39. The van der Waals surface area contributed by atoms with Gasteiger partial charge in [-0.3, -0.25) is 14.2 Å². The smallest absolute Gasteiger partial charge is 0.263 e. The van der Waals surface area contributed by atoms with Crippen LogP contribution in [0.15, 0.2) is 41.6 Å². The molecule has 0 aliphatic carbocycles. The first-order valence-corrected chi connectivity index (χ1v) is 8.61. The second-order valence-electron chi connectivity index (χ2n) is 6.20. The molecule has 25 heavy (non-hydrogen) atoms. The van der Waals surface area contributed by atoms with E-state index in [2.05, 4.69) is 9.97 Å². The topological polar surface area (TPSA) is 71.0 Å². The van der Waals surface area contributed by atoms with E-state index < -0.39 is 0 Å². The molecule has 0 atom stereocenters. The minimum absolute atomic E-state index is 0.0208. The zero-order valence-electron chi connectivity index (χ0n) is 13.5. The van der Waals surface area contributed by atoms with Gasteiger partial charge in [0.05, 0.1) is 5.39 Å². The van der Waals surface area contributed by atoms with Crippen LogP contribution in [0, 0.1) is 0 Å². The summed E-state index contributed by atoms with van der Waals surface area (Å²) in [5.74, 6) is -0.0377. The zero-order chi connectivity index (χ0) is 17.4. The molecule has 1 aliphatic heterocycles. The number of halogens is 1. The summed E-state index contributed by atoms with van der Waals surface area (Å²) in [4.78, 5) is 34.4. The molecule has 6 nitrogen and oxygen atoms in total. The van der Waals surface area contributed by atoms with Crippen molar-refractivity contribution < 1.29 is 4.79 Å². The molecular weight excluding hydrogens is 340 g/mol. The van der Waals surface area contributed by atoms with Crippen LogP contribution in [-0.2, 0) is 11.3 Å². The van der Waals surface area contributed by atoms with E-state index in [0.29, 0.717) is 16.1 Å². The number of rotatable bonds is 3. The number of likely N-dealkylation sites (tertiary alicyclic amines) is 1. The Bertz CT molecular complexity index is 984. The predicted octanol–water partition coefficient (Wildman–Crippen LogP) is 2.67. The van der Waals surface area contributed by atoms with Crippen LogP contribution in [0.1, 0.15) is 12.8 Å². The number of nitrogens with zero attached hydrogens (tertiary/aromatic N) is 3. The van der Waals surface area contributed by atoms with Gasteiger partial charge < -0.3 is 9.88 Å². The lowest BCUT2D eigenvalue weighted by Crippen LogP contribution is -2.34. The summed E-state index contributed by atoms with van der Waals surface area (Å²) in [6.07, 6.45) is 5.24. The van der Waals surface area contributed by atoms with E-state index in [-0.39, 0.29) is 18.0 Å². The van der Waals surface area contributed by atoms with E-state index in [1.807, 2.05) is 12.1 Å². The van der Waals surface area contributed by atoms with Gasteiger partial charge >= 0.3 is 0 Å². The Morgan fingerprint density at radius 3 is 2.64 bits per heavy atom. The summed E-state index contributed by atoms with van der Waals surface area (Å²) in [5, 5.41) is 1.12. The lowest BCUT2D eigenvalue weighted by molar-refractivity contribution is -0.130. The van der Waals surface area contributed by atoms with Gasteiger partial charge in [0, 0.05) is 29.9 Å². The van der Waals surface area contributed by atoms with Gasteiger partial charge in [-0.2, -0.15) is 0 Å². The average molecular weight is 357 g/mol. The highest BCUT2D eigenvalue weighted by molar-refractivity contribution is 6.30. The normalized spacial score (nSPS) is 14.4. The van der Waals surface area contributed by atoms with Crippen molar-refractivity contribution in [3.63, 3.8) is 0 Å². The maximum Gasteiger partial charge on any atom is 0.263 e. The van der Waals surface area contributed by atoms with Crippen molar-refractivity contribution in [1.82, 2.24) is 19.4 Å². The second kappa shape index (κ2) is 6.37. The Morgan fingerprint density at radius 1 is 1.20 bits per heavy atom. The van der Waals surface area contributed by atoms with E-state index >= 15 is 0 Å². The molecule has 1 aromatic carbocycles. The van der Waals surface area contributed by atoms with Gasteiger partial charge in [-0.25, -0.2) is 4.98 Å². The number of benzene rings is 1. The first-order chi connectivity index (χ1) is 12.1. The Labute approximate surface area is 149 Å². The molecule has 0 spiro atoms. The number of hydrogen-bond donors (Lipinski definition) is 1. The molecule has 1 fully saturated rings. The monoisotopic (exact) mass is 356 g/mol. The van der Waals surface area contributed by atoms with E-state index in [0.717, 1.165) is 37.1 Å². The maximum atomic E-state index is 12.9. The van der Waals surface area contributed by atoms with Crippen molar-refractivity contribution in [3.8, 4) is 11.1 Å². The zero-order valence-corrected chi connectivity index (χ0v) is 14.3. The number of H-pyrrole nitrogens is 1. The highest BCUT2D eigenvalue weighted by Crippen LogP contribution is 2.26. The molecule has 4 rings (SSSR count). The third-order valence-electron chi connectivity index (χ3n) is 4.58. The Kier molecular flexibility index (Phi) is 4.05. The predicted molar refractivity (Wildman–Crippen MR) is 96.6 cm³/mol. The summed E-state index contributed by atoms with van der Waals surface area (Å²) in [6.45, 7) is 1.56. The van der Waals surface area contributed by atoms with Crippen LogP contribution in [0.3, 0.4) is 0 Å². The highest BCUT2D eigenvalue weighted by Gasteiger charge is 2.20. The number of nitrogens with one attached hydrogen (secondary N) is 1. The van der Waals surface area contributed by atoms with Crippen LogP contribution in [0.4, 0.5) is 0 Å². The maximum absolute atomic E-state index is 12.9. The molecule has 0 unspecified atom stereocenters. The van der Waals surface area contributed by atoms with Gasteiger partial charge in [-0.1, -0.05) is 23.7 Å². The fourth-order valence-electron chi connectivity index (χ4n) is 3.24. The lowest BCUT2D eigenvalue weighted by atomic mass is 10.1. The van der Waals surface area contributed by atoms with E-state index in [1.165, 1.54) is 10.9 Å². The van der Waals surface area contributed by atoms with E-state index in [9.17, 15) is 9.59 Å². The number of carbonyl (C=O) groups excluding carboxylic acids is 1. The largest absolute Gasteiger partial charge is 0.345 e. The summed E-state index contributed by atoms with van der Waals surface area (Å²) in [5.41, 5.74) is 1.92. The number of amides is 1. The summed E-state index contributed by atoms with van der Waals surface area (Å²) in [6, 6.07) is 7.28. The van der Waals surface area contributed by atoms with Crippen LogP contribution in [0.25, 0.3) is 22.2 Å². The number of fused-ring (bicyclic) bond motifs is 1. The minimum atomic E-state index is -0.219. The molecule has 0 radical (unpaired) electrons. The molecule has 1 N–H and O–H groups in total. The molecule has 1 amide bonds. The third-order valence-corrected chi connectivity index (χ3v) is 4.83. The Morgan fingerprint density at radius 2 is 1.92 bits per heavy atom. The fraction of sp³-hybridized carbons (Fsp3) is 0.278. The van der Waals surface area contributed by atoms with Crippen molar-refractivity contribution in [2.75, 3.05) is 13.1 Å². The number of carbonyl (C=O) groups is 1. The van der Waals surface area contributed by atoms with Gasteiger partial charge in [-0.15, -0.1) is 0 Å². The van der Waals surface area contributed by atoms with Gasteiger partial charge in [0.1, 0.15) is 18.5 Å². The van der Waals surface area contributed by atoms with Crippen molar-refractivity contribution >= 4 is 28.5 Å². The first kappa shape index (κ1) is 15.9. The molecule has 3 aromatic rings. The molecular formula is C18H17ClN4O2. The molecule has 128 valence electrons. The first-order valence-electron chi connectivity index (χ1n) is 8.24. The second-order valence-corrected chi connectivity index (χ2v) is 6.63. The van der Waals surface area contributed by atoms with Crippen molar-refractivity contribution in [2.45, 2.75) is 19.4 Å². The number of hydrogen-bond acceptors (Lipinski definition) is 3. The summed E-state index contributed by atoms with van der Waals surface area (Å²) in [7, 11) is 0. The van der Waals surface area contributed by atoms with Crippen molar-refractivity contribution in [3.05, 3.63) is 52.2 Å². The Balaban J connectivity index is 1.74. The van der Waals surface area contributed by atoms with E-state index in [1.54, 1.807) is 23.2 Å². The molecule has 1 aliphatic rings. The molecule has 2 aromatic heterocycles. The van der Waals surface area contributed by atoms with Crippen molar-refractivity contribution in [2.24, 2.45) is 0 Å². The standard InChI is InChI=1S/C18H17ClN4O2/c19-13-5-3-12(4-6-13)14-9-20-17-16(14)18(25)23(11-21-17)10-15(24)22-7-1-2-8-22/h3-6,9,11,20H,1-2,7-8,10H2. The van der Waals surface area contributed by atoms with Gasteiger partial charge in [0.15, 0.2) is 0 Å². The minimum Gasteiger partial charge on any atom is -0.345 e. The molecule has 0 bridgehead atoms. The number of aromatic nitrogens is 3. The van der Waals surface area contributed by atoms with Crippen LogP contribution in [-0.4, -0.2) is 38.4 Å². The van der Waals surface area contributed by atoms with Crippen molar-refractivity contribution in [1.29, 1.82) is 0 Å². The third kappa shape index (κ3) is 2.93. The van der Waals surface area contributed by atoms with Crippen LogP contribution in [0.2, 0.25) is 5.02 Å². The number of aromatic amines is 1. The summed E-state index contributed by atoms with van der Waals surface area (Å²) >= 11 is 5.94. The van der Waals surface area contributed by atoms with Crippen LogP contribution in [0.5, 0.6) is 0 Å². The fourth-order valence-corrected chi connectivity index (χ4v) is 3.36. The van der Waals surface area contributed by atoms with Gasteiger partial charge in [-0.05, 0) is 30.5 Å². The Hall–Kier alpha value is -2.60. The van der Waals surface area contributed by atoms with Crippen LogP contribution < -0.4 is 5.56 Å². The average Bonchev–Trinajstić information content (AvgIpc) is 3.28. The highest BCUT2D eigenvalue weighted by atomic mass is 35.5. The molecule has 1 saturated heterocycles. The quantitative estimate of drug-likeness (QED) is 0.784. The molecule has 0 saturated carbocycles.